The lowest BCUT2D eigenvalue weighted by atomic mass is 10.1. The smallest absolute Gasteiger partial charge is 0.234 e. The molecule has 21 heavy (non-hydrogen) atoms. The number of aryl methyl sites for hydroxylation is 1. The van der Waals surface area contributed by atoms with Gasteiger partial charge in [0.15, 0.2) is 0 Å². The number of likely N-dealkylation sites (N-methyl/N-ethyl adjacent to an activating group) is 1. The van der Waals surface area contributed by atoms with E-state index in [4.69, 9.17) is 0 Å². The number of nitrogens with one attached hydrogen (secondary N) is 1. The van der Waals surface area contributed by atoms with E-state index in [1.807, 2.05) is 54.4 Å². The summed E-state index contributed by atoms with van der Waals surface area (Å²) in [5.41, 5.74) is 3.64. The Bertz CT molecular complexity index is 581. The topological polar surface area (TPSA) is 32.3 Å². The Labute approximate surface area is 126 Å². The summed E-state index contributed by atoms with van der Waals surface area (Å²) in [5, 5.41) is 2.95. The third-order valence-electron chi connectivity index (χ3n) is 3.45. The molecule has 0 saturated heterocycles. The van der Waals surface area contributed by atoms with Gasteiger partial charge >= 0.3 is 0 Å². The standard InChI is InChI=1S/C18H22N2O/c1-15-8-6-7-11-17(15)13-20(2)14-18(21)19-12-16-9-4-3-5-10-16/h3-11H,12-14H2,1-2H3,(H,19,21). The molecule has 2 aromatic rings. The Hall–Kier alpha value is -2.13. The quantitative estimate of drug-likeness (QED) is 0.883. The number of hydrogen-bond donors (Lipinski definition) is 1. The molecule has 0 aromatic heterocycles. The summed E-state index contributed by atoms with van der Waals surface area (Å²) in [7, 11) is 1.97. The van der Waals surface area contributed by atoms with Crippen LogP contribution in [0.15, 0.2) is 54.6 Å². The molecule has 0 spiro atoms. The van der Waals surface area contributed by atoms with Gasteiger partial charge in [-0.2, -0.15) is 0 Å². The average molecular weight is 282 g/mol. The zero-order valence-corrected chi connectivity index (χ0v) is 12.7. The van der Waals surface area contributed by atoms with Crippen molar-refractivity contribution in [3.63, 3.8) is 0 Å². The molecule has 0 aliphatic rings. The maximum atomic E-state index is 11.9. The first-order chi connectivity index (χ1) is 10.1. The second kappa shape index (κ2) is 7.60. The van der Waals surface area contributed by atoms with Gasteiger partial charge in [-0.3, -0.25) is 9.69 Å². The van der Waals surface area contributed by atoms with E-state index >= 15 is 0 Å². The average Bonchev–Trinajstić information content (AvgIpc) is 2.48. The molecule has 0 fully saturated rings. The monoisotopic (exact) mass is 282 g/mol. The van der Waals surface area contributed by atoms with Crippen LogP contribution in [0.1, 0.15) is 16.7 Å². The van der Waals surface area contributed by atoms with Crippen molar-refractivity contribution < 1.29 is 4.79 Å². The first-order valence-electron chi connectivity index (χ1n) is 7.19. The first-order valence-corrected chi connectivity index (χ1v) is 7.19. The molecule has 110 valence electrons. The lowest BCUT2D eigenvalue weighted by molar-refractivity contribution is -0.122. The highest BCUT2D eigenvalue weighted by molar-refractivity contribution is 5.77. The van der Waals surface area contributed by atoms with Crippen LogP contribution in [-0.2, 0) is 17.9 Å². The zero-order chi connectivity index (χ0) is 15.1. The number of carbonyl (C=O) groups excluding carboxylic acids is 1. The first kappa shape index (κ1) is 15.3. The van der Waals surface area contributed by atoms with Gasteiger partial charge in [-0.15, -0.1) is 0 Å². The Balaban J connectivity index is 1.78. The molecule has 1 N–H and O–H groups in total. The molecule has 0 unspecified atom stereocenters. The van der Waals surface area contributed by atoms with Gasteiger partial charge in [0, 0.05) is 13.1 Å². The summed E-state index contributed by atoms with van der Waals surface area (Å²) in [6.07, 6.45) is 0. The van der Waals surface area contributed by atoms with E-state index in [9.17, 15) is 4.79 Å². The minimum Gasteiger partial charge on any atom is -0.351 e. The third-order valence-corrected chi connectivity index (χ3v) is 3.45. The second-order valence-corrected chi connectivity index (χ2v) is 5.36. The molecule has 0 bridgehead atoms. The van der Waals surface area contributed by atoms with Crippen LogP contribution in [0.4, 0.5) is 0 Å². The van der Waals surface area contributed by atoms with Crippen molar-refractivity contribution in [3.05, 3.63) is 71.3 Å². The van der Waals surface area contributed by atoms with Crippen molar-refractivity contribution >= 4 is 5.91 Å². The van der Waals surface area contributed by atoms with E-state index in [0.29, 0.717) is 13.1 Å². The Morgan fingerprint density at radius 1 is 1.05 bits per heavy atom. The van der Waals surface area contributed by atoms with Gasteiger partial charge in [-0.05, 0) is 30.7 Å². The SMILES string of the molecule is Cc1ccccc1CN(C)CC(=O)NCc1ccccc1. The molecular formula is C18H22N2O. The number of nitrogens with zero attached hydrogens (tertiary/aromatic N) is 1. The highest BCUT2D eigenvalue weighted by Gasteiger charge is 2.08. The van der Waals surface area contributed by atoms with Crippen LogP contribution in [0.2, 0.25) is 0 Å². The van der Waals surface area contributed by atoms with E-state index in [-0.39, 0.29) is 5.91 Å². The highest BCUT2D eigenvalue weighted by atomic mass is 16.2. The number of hydrogen-bond acceptors (Lipinski definition) is 2. The molecule has 0 radical (unpaired) electrons. The molecule has 0 aliphatic heterocycles. The van der Waals surface area contributed by atoms with E-state index in [2.05, 4.69) is 24.4 Å². The van der Waals surface area contributed by atoms with E-state index in [0.717, 1.165) is 12.1 Å². The molecular weight excluding hydrogens is 260 g/mol. The molecule has 0 atom stereocenters. The number of benzene rings is 2. The third kappa shape index (κ3) is 5.04. The summed E-state index contributed by atoms with van der Waals surface area (Å²) in [6.45, 7) is 3.86. The largest absolute Gasteiger partial charge is 0.351 e. The van der Waals surface area contributed by atoms with Crippen molar-refractivity contribution in [2.45, 2.75) is 20.0 Å². The molecule has 2 aromatic carbocycles. The summed E-state index contributed by atoms with van der Waals surface area (Å²) in [4.78, 5) is 14.0. The molecule has 3 heteroatoms. The summed E-state index contributed by atoms with van der Waals surface area (Å²) < 4.78 is 0. The molecule has 3 nitrogen and oxygen atoms in total. The van der Waals surface area contributed by atoms with Crippen LogP contribution in [0.3, 0.4) is 0 Å². The maximum absolute atomic E-state index is 11.9. The molecule has 2 rings (SSSR count). The number of rotatable bonds is 6. The Morgan fingerprint density at radius 3 is 2.43 bits per heavy atom. The Kier molecular flexibility index (Phi) is 5.52. The second-order valence-electron chi connectivity index (χ2n) is 5.36. The van der Waals surface area contributed by atoms with Crippen LogP contribution in [0, 0.1) is 6.92 Å². The Morgan fingerprint density at radius 2 is 1.71 bits per heavy atom. The van der Waals surface area contributed by atoms with Crippen LogP contribution in [-0.4, -0.2) is 24.4 Å². The van der Waals surface area contributed by atoms with Crippen molar-refractivity contribution in [2.24, 2.45) is 0 Å². The van der Waals surface area contributed by atoms with Gasteiger partial charge in [0.2, 0.25) is 5.91 Å². The summed E-state index contributed by atoms with van der Waals surface area (Å²) in [5.74, 6) is 0.0509. The van der Waals surface area contributed by atoms with E-state index in [1.165, 1.54) is 11.1 Å². The summed E-state index contributed by atoms with van der Waals surface area (Å²) >= 11 is 0. The van der Waals surface area contributed by atoms with E-state index < -0.39 is 0 Å². The van der Waals surface area contributed by atoms with Crippen molar-refractivity contribution in [1.29, 1.82) is 0 Å². The van der Waals surface area contributed by atoms with Crippen LogP contribution in [0.5, 0.6) is 0 Å². The minimum atomic E-state index is 0.0509. The van der Waals surface area contributed by atoms with Crippen molar-refractivity contribution in [1.82, 2.24) is 10.2 Å². The zero-order valence-electron chi connectivity index (χ0n) is 12.7. The number of amides is 1. The van der Waals surface area contributed by atoms with Gasteiger partial charge in [0.1, 0.15) is 0 Å². The lowest BCUT2D eigenvalue weighted by Gasteiger charge is -2.17. The van der Waals surface area contributed by atoms with Gasteiger partial charge in [0.25, 0.3) is 0 Å². The highest BCUT2D eigenvalue weighted by Crippen LogP contribution is 2.09. The van der Waals surface area contributed by atoms with Gasteiger partial charge in [0.05, 0.1) is 6.54 Å². The van der Waals surface area contributed by atoms with Gasteiger partial charge in [-0.25, -0.2) is 0 Å². The fourth-order valence-electron chi connectivity index (χ4n) is 2.23. The predicted molar refractivity (Wildman–Crippen MR) is 85.8 cm³/mol. The van der Waals surface area contributed by atoms with E-state index in [1.54, 1.807) is 0 Å². The molecule has 0 aliphatic carbocycles. The minimum absolute atomic E-state index is 0.0509. The fraction of sp³-hybridized carbons (Fsp3) is 0.278. The van der Waals surface area contributed by atoms with Gasteiger partial charge in [-0.1, -0.05) is 54.6 Å². The summed E-state index contributed by atoms with van der Waals surface area (Å²) in [6, 6.07) is 18.2. The fourth-order valence-corrected chi connectivity index (χ4v) is 2.23. The predicted octanol–water partition coefficient (Wildman–Crippen LogP) is 2.74. The lowest BCUT2D eigenvalue weighted by Crippen LogP contribution is -2.34. The number of carbonyl (C=O) groups is 1. The van der Waals surface area contributed by atoms with Crippen LogP contribution < -0.4 is 5.32 Å². The molecule has 0 saturated carbocycles. The van der Waals surface area contributed by atoms with Crippen LogP contribution in [0.25, 0.3) is 0 Å². The molecule has 0 heterocycles. The van der Waals surface area contributed by atoms with Crippen LogP contribution >= 0.6 is 0 Å². The van der Waals surface area contributed by atoms with Crippen molar-refractivity contribution in [2.75, 3.05) is 13.6 Å². The van der Waals surface area contributed by atoms with Crippen molar-refractivity contribution in [3.8, 4) is 0 Å². The van der Waals surface area contributed by atoms with Gasteiger partial charge < -0.3 is 5.32 Å². The maximum Gasteiger partial charge on any atom is 0.234 e. The molecule has 1 amide bonds. The normalized spacial score (nSPS) is 10.6.